The van der Waals surface area contributed by atoms with Gasteiger partial charge in [0.25, 0.3) is 0 Å². The van der Waals surface area contributed by atoms with Crippen LogP contribution in [-0.2, 0) is 4.79 Å². The molecule has 2 N–H and O–H groups in total. The van der Waals surface area contributed by atoms with E-state index in [1.165, 1.54) is 35.1 Å². The third-order valence-corrected chi connectivity index (χ3v) is 4.87. The Labute approximate surface area is 136 Å². The molecule has 0 amide bonds. The van der Waals surface area contributed by atoms with E-state index in [4.69, 9.17) is 5.11 Å². The zero-order valence-electron chi connectivity index (χ0n) is 11.6. The van der Waals surface area contributed by atoms with Gasteiger partial charge in [-0.25, -0.2) is 9.59 Å². The highest BCUT2D eigenvalue weighted by Crippen LogP contribution is 2.41. The van der Waals surface area contributed by atoms with Gasteiger partial charge in [-0.15, -0.1) is 0 Å². The Bertz CT molecular complexity index is 660. The highest BCUT2D eigenvalue weighted by atomic mass is 33.1. The lowest BCUT2D eigenvalue weighted by Crippen LogP contribution is -2.01. The molecule has 0 atom stereocenters. The molecule has 0 aliphatic heterocycles. The summed E-state index contributed by atoms with van der Waals surface area (Å²) < 4.78 is 0. The summed E-state index contributed by atoms with van der Waals surface area (Å²) in [6.45, 7) is 7.06. The van der Waals surface area contributed by atoms with Crippen molar-refractivity contribution in [2.75, 3.05) is 0 Å². The van der Waals surface area contributed by atoms with Crippen molar-refractivity contribution in [3.8, 4) is 0 Å². The Hall–Kier alpha value is -2.18. The number of benzene rings is 1. The second kappa shape index (κ2) is 8.96. The fourth-order valence-corrected chi connectivity index (χ4v) is 3.82. The van der Waals surface area contributed by atoms with Crippen molar-refractivity contribution < 1.29 is 19.8 Å². The van der Waals surface area contributed by atoms with E-state index in [9.17, 15) is 14.7 Å². The zero-order chi connectivity index (χ0) is 16.5. The summed E-state index contributed by atoms with van der Waals surface area (Å²) in [5.41, 5.74) is 0.239. The molecule has 0 heterocycles. The molecule has 1 aromatic rings. The van der Waals surface area contributed by atoms with Crippen molar-refractivity contribution in [3.05, 3.63) is 77.8 Å². The Morgan fingerprint density at radius 1 is 1.05 bits per heavy atom. The fourth-order valence-electron chi connectivity index (χ4n) is 1.45. The molecule has 0 unspecified atom stereocenters. The molecular formula is C16H14O4S2. The molecule has 0 radical (unpaired) electrons. The number of carboxylic acids is 2. The second-order valence-corrected chi connectivity index (χ2v) is 6.07. The van der Waals surface area contributed by atoms with Crippen LogP contribution in [0.2, 0.25) is 0 Å². The highest BCUT2D eigenvalue weighted by molar-refractivity contribution is 8.78. The van der Waals surface area contributed by atoms with Crippen LogP contribution in [0.4, 0.5) is 0 Å². The standard InChI is InChI=1S/C16H14O4S2/c1-3-7-11(15(17)18)13(8-4-2)21-22-14-10-6-5-9-12(14)16(19)20/h3-10H,1-2H2,(H,17,18)(H,19,20)/b11-7+,13-8+. The van der Waals surface area contributed by atoms with Gasteiger partial charge in [0, 0.05) is 9.80 Å². The normalized spacial score (nSPS) is 11.8. The topological polar surface area (TPSA) is 74.6 Å². The van der Waals surface area contributed by atoms with E-state index in [0.717, 1.165) is 10.8 Å². The van der Waals surface area contributed by atoms with Crippen LogP contribution in [0.3, 0.4) is 0 Å². The molecule has 0 spiro atoms. The number of carbonyl (C=O) groups is 2. The van der Waals surface area contributed by atoms with Crippen molar-refractivity contribution in [2.45, 2.75) is 4.90 Å². The van der Waals surface area contributed by atoms with Crippen molar-refractivity contribution in [1.29, 1.82) is 0 Å². The van der Waals surface area contributed by atoms with Crippen molar-refractivity contribution in [2.24, 2.45) is 0 Å². The van der Waals surface area contributed by atoms with E-state index in [0.29, 0.717) is 9.80 Å². The lowest BCUT2D eigenvalue weighted by molar-refractivity contribution is -0.132. The van der Waals surface area contributed by atoms with E-state index in [1.807, 2.05) is 0 Å². The average molecular weight is 334 g/mol. The molecule has 0 fully saturated rings. The minimum Gasteiger partial charge on any atom is -0.478 e. The monoisotopic (exact) mass is 334 g/mol. The lowest BCUT2D eigenvalue weighted by atomic mass is 10.2. The summed E-state index contributed by atoms with van der Waals surface area (Å²) in [5, 5.41) is 18.4. The summed E-state index contributed by atoms with van der Waals surface area (Å²) >= 11 is 0. The summed E-state index contributed by atoms with van der Waals surface area (Å²) in [6.07, 6.45) is 5.81. The third kappa shape index (κ3) is 4.98. The number of carboxylic acid groups (broad SMARTS) is 2. The van der Waals surface area contributed by atoms with Gasteiger partial charge >= 0.3 is 11.9 Å². The molecule has 0 aliphatic rings. The van der Waals surface area contributed by atoms with Crippen LogP contribution >= 0.6 is 21.6 Å². The van der Waals surface area contributed by atoms with Gasteiger partial charge in [0.15, 0.2) is 0 Å². The second-order valence-electron chi connectivity index (χ2n) is 3.86. The fraction of sp³-hybridized carbons (Fsp3) is 0. The quantitative estimate of drug-likeness (QED) is 0.417. The SMILES string of the molecule is C=C/C=C(C(=O)O)\C(=C/C=C)SSc1ccccc1C(=O)O. The summed E-state index contributed by atoms with van der Waals surface area (Å²) in [4.78, 5) is 23.4. The van der Waals surface area contributed by atoms with E-state index in [-0.39, 0.29) is 11.1 Å². The number of aliphatic carboxylic acids is 1. The molecule has 0 bridgehead atoms. The number of rotatable bonds is 8. The smallest absolute Gasteiger partial charge is 0.336 e. The Kier molecular flexibility index (Phi) is 7.28. The van der Waals surface area contributed by atoms with Gasteiger partial charge in [-0.1, -0.05) is 59.0 Å². The van der Waals surface area contributed by atoms with E-state index in [2.05, 4.69) is 13.2 Å². The summed E-state index contributed by atoms with van der Waals surface area (Å²) in [5.74, 6) is -2.12. The van der Waals surface area contributed by atoms with E-state index >= 15 is 0 Å². The predicted octanol–water partition coefficient (Wildman–Crippen LogP) is 4.39. The first kappa shape index (κ1) is 17.9. The lowest BCUT2D eigenvalue weighted by Gasteiger charge is -2.08. The minimum atomic E-state index is -1.09. The van der Waals surface area contributed by atoms with E-state index < -0.39 is 11.9 Å². The van der Waals surface area contributed by atoms with Gasteiger partial charge in [0.05, 0.1) is 11.1 Å². The first-order valence-corrected chi connectivity index (χ1v) is 8.22. The van der Waals surface area contributed by atoms with Gasteiger partial charge in [-0.05, 0) is 24.3 Å². The van der Waals surface area contributed by atoms with Gasteiger partial charge in [-0.3, -0.25) is 0 Å². The molecule has 0 saturated carbocycles. The number of hydrogen-bond acceptors (Lipinski definition) is 4. The Morgan fingerprint density at radius 2 is 1.68 bits per heavy atom. The predicted molar refractivity (Wildman–Crippen MR) is 91.0 cm³/mol. The molecule has 1 aromatic carbocycles. The molecule has 1 rings (SSSR count). The molecule has 114 valence electrons. The van der Waals surface area contributed by atoms with Crippen LogP contribution in [0.5, 0.6) is 0 Å². The van der Waals surface area contributed by atoms with Gasteiger partial charge in [-0.2, -0.15) is 0 Å². The highest BCUT2D eigenvalue weighted by Gasteiger charge is 2.16. The van der Waals surface area contributed by atoms with Crippen LogP contribution in [0, 0.1) is 0 Å². The molecule has 4 nitrogen and oxygen atoms in total. The van der Waals surface area contributed by atoms with Gasteiger partial charge in [0.2, 0.25) is 0 Å². The maximum Gasteiger partial charge on any atom is 0.336 e. The van der Waals surface area contributed by atoms with Crippen LogP contribution < -0.4 is 0 Å². The largest absolute Gasteiger partial charge is 0.478 e. The van der Waals surface area contributed by atoms with Crippen molar-refractivity contribution in [3.63, 3.8) is 0 Å². The molecule has 6 heteroatoms. The molecule has 0 aromatic heterocycles. The van der Waals surface area contributed by atoms with E-state index in [1.54, 1.807) is 24.3 Å². The summed E-state index contributed by atoms with van der Waals surface area (Å²) in [7, 11) is 2.33. The Balaban J connectivity index is 3.05. The molecule has 0 aliphatic carbocycles. The molecule has 0 saturated heterocycles. The third-order valence-electron chi connectivity index (χ3n) is 2.39. The van der Waals surface area contributed by atoms with Gasteiger partial charge in [0.1, 0.15) is 0 Å². The first-order valence-electron chi connectivity index (χ1n) is 6.07. The summed E-state index contributed by atoms with van der Waals surface area (Å²) in [6, 6.07) is 6.53. The van der Waals surface area contributed by atoms with Crippen LogP contribution in [0.1, 0.15) is 10.4 Å². The van der Waals surface area contributed by atoms with Gasteiger partial charge < -0.3 is 10.2 Å². The van der Waals surface area contributed by atoms with Crippen LogP contribution in [0.15, 0.2) is 77.1 Å². The van der Waals surface area contributed by atoms with Crippen molar-refractivity contribution >= 4 is 33.5 Å². The van der Waals surface area contributed by atoms with Crippen molar-refractivity contribution in [1.82, 2.24) is 0 Å². The number of allylic oxidation sites excluding steroid dienone is 4. The van der Waals surface area contributed by atoms with Crippen LogP contribution in [0.25, 0.3) is 0 Å². The average Bonchev–Trinajstić information content (AvgIpc) is 2.49. The Morgan fingerprint density at radius 3 is 2.23 bits per heavy atom. The maximum absolute atomic E-state index is 11.3. The maximum atomic E-state index is 11.3. The zero-order valence-corrected chi connectivity index (χ0v) is 13.2. The number of aromatic carboxylic acids is 1. The molecular weight excluding hydrogens is 320 g/mol. The first-order chi connectivity index (χ1) is 10.5. The van der Waals surface area contributed by atoms with Crippen LogP contribution in [-0.4, -0.2) is 22.2 Å². The number of hydrogen-bond donors (Lipinski definition) is 2. The molecule has 22 heavy (non-hydrogen) atoms. The minimum absolute atomic E-state index is 0.0696.